The van der Waals surface area contributed by atoms with Gasteiger partial charge in [0.25, 0.3) is 0 Å². The Morgan fingerprint density at radius 1 is 1.43 bits per heavy atom. The number of halogens is 1. The first-order chi connectivity index (χ1) is 10.1. The Balaban J connectivity index is 1.74. The molecule has 3 rings (SSSR count). The number of nitrogens with zero attached hydrogens (tertiary/aromatic N) is 3. The molecule has 0 saturated carbocycles. The van der Waals surface area contributed by atoms with Gasteiger partial charge >= 0.3 is 5.97 Å². The number of hydrogen-bond acceptors (Lipinski definition) is 5. The van der Waals surface area contributed by atoms with Gasteiger partial charge in [-0.15, -0.1) is 0 Å². The maximum Gasteiger partial charge on any atom is 0.326 e. The summed E-state index contributed by atoms with van der Waals surface area (Å²) >= 11 is 1.22. The Morgan fingerprint density at radius 3 is 2.90 bits per heavy atom. The van der Waals surface area contributed by atoms with Crippen molar-refractivity contribution in [3.63, 3.8) is 0 Å². The third-order valence-corrected chi connectivity index (χ3v) is 4.31. The topological polar surface area (TPSA) is 66.3 Å². The van der Waals surface area contributed by atoms with Crippen LogP contribution in [0.1, 0.15) is 24.2 Å². The van der Waals surface area contributed by atoms with Crippen molar-refractivity contribution in [2.75, 3.05) is 11.4 Å². The summed E-state index contributed by atoms with van der Waals surface area (Å²) in [5.74, 6) is -0.451. The Bertz CT molecular complexity index is 644. The van der Waals surface area contributed by atoms with Gasteiger partial charge in [-0.05, 0) is 30.5 Å². The van der Waals surface area contributed by atoms with Crippen LogP contribution in [0.15, 0.2) is 24.3 Å². The van der Waals surface area contributed by atoms with Gasteiger partial charge < -0.3 is 10.0 Å². The van der Waals surface area contributed by atoms with E-state index in [1.165, 1.54) is 23.7 Å². The molecule has 5 nitrogen and oxygen atoms in total. The fourth-order valence-electron chi connectivity index (χ4n) is 2.47. The summed E-state index contributed by atoms with van der Waals surface area (Å²) in [6.07, 6.45) is 2.01. The summed E-state index contributed by atoms with van der Waals surface area (Å²) < 4.78 is 17.1. The molecule has 1 atom stereocenters. The molecule has 1 saturated heterocycles. The highest BCUT2D eigenvalue weighted by Gasteiger charge is 2.32. The average Bonchev–Trinajstić information content (AvgIpc) is 3.09. The van der Waals surface area contributed by atoms with Crippen LogP contribution in [-0.4, -0.2) is 33.0 Å². The van der Waals surface area contributed by atoms with E-state index in [2.05, 4.69) is 9.36 Å². The molecule has 110 valence electrons. The normalized spacial score (nSPS) is 18.1. The lowest BCUT2D eigenvalue weighted by molar-refractivity contribution is -0.138. The van der Waals surface area contributed by atoms with E-state index < -0.39 is 12.0 Å². The van der Waals surface area contributed by atoms with Crippen molar-refractivity contribution in [2.45, 2.75) is 25.3 Å². The molecule has 1 aromatic carbocycles. The molecule has 21 heavy (non-hydrogen) atoms. The van der Waals surface area contributed by atoms with Gasteiger partial charge in [0, 0.05) is 24.5 Å². The molecule has 0 spiro atoms. The number of carboxylic acids is 1. The zero-order chi connectivity index (χ0) is 14.8. The van der Waals surface area contributed by atoms with Crippen molar-refractivity contribution < 1.29 is 14.3 Å². The lowest BCUT2D eigenvalue weighted by atomic mass is 10.1. The van der Waals surface area contributed by atoms with Crippen LogP contribution in [0.2, 0.25) is 0 Å². The van der Waals surface area contributed by atoms with Crippen LogP contribution in [0, 0.1) is 5.82 Å². The van der Waals surface area contributed by atoms with Crippen molar-refractivity contribution in [1.29, 1.82) is 0 Å². The van der Waals surface area contributed by atoms with E-state index in [0.29, 0.717) is 30.3 Å². The van der Waals surface area contributed by atoms with E-state index >= 15 is 0 Å². The number of hydrogen-bond donors (Lipinski definition) is 1. The summed E-state index contributed by atoms with van der Waals surface area (Å²) in [7, 11) is 0. The minimum absolute atomic E-state index is 0.271. The molecule has 0 aliphatic carbocycles. The zero-order valence-electron chi connectivity index (χ0n) is 11.2. The fraction of sp³-hybridized carbons (Fsp3) is 0.357. The highest BCUT2D eigenvalue weighted by atomic mass is 32.1. The van der Waals surface area contributed by atoms with E-state index in [1.54, 1.807) is 17.0 Å². The third kappa shape index (κ3) is 3.02. The Labute approximate surface area is 125 Å². The van der Waals surface area contributed by atoms with Crippen LogP contribution in [0.5, 0.6) is 0 Å². The molecule has 7 heteroatoms. The number of aliphatic carboxylic acids is 1. The maximum absolute atomic E-state index is 12.9. The predicted molar refractivity (Wildman–Crippen MR) is 77.1 cm³/mol. The molecular weight excluding hydrogens is 293 g/mol. The van der Waals surface area contributed by atoms with Crippen molar-refractivity contribution in [3.8, 4) is 0 Å². The average molecular weight is 307 g/mol. The summed E-state index contributed by atoms with van der Waals surface area (Å²) in [5, 5.41) is 9.84. The Kier molecular flexibility index (Phi) is 3.83. The van der Waals surface area contributed by atoms with Gasteiger partial charge in [0.2, 0.25) is 5.13 Å². The molecule has 0 amide bonds. The van der Waals surface area contributed by atoms with Gasteiger partial charge in [0.05, 0.1) is 0 Å². The van der Waals surface area contributed by atoms with E-state index in [4.69, 9.17) is 0 Å². The molecule has 1 aliphatic rings. The van der Waals surface area contributed by atoms with E-state index in [-0.39, 0.29) is 5.82 Å². The van der Waals surface area contributed by atoms with Crippen molar-refractivity contribution >= 4 is 22.6 Å². The summed E-state index contributed by atoms with van der Waals surface area (Å²) in [4.78, 5) is 17.4. The van der Waals surface area contributed by atoms with Crippen molar-refractivity contribution in [1.82, 2.24) is 9.36 Å². The Hall–Kier alpha value is -2.02. The van der Waals surface area contributed by atoms with Gasteiger partial charge in [-0.1, -0.05) is 12.1 Å². The van der Waals surface area contributed by atoms with Gasteiger partial charge in [0.1, 0.15) is 17.7 Å². The second-order valence-electron chi connectivity index (χ2n) is 4.99. The second kappa shape index (κ2) is 5.77. The molecule has 1 aromatic heterocycles. The highest BCUT2D eigenvalue weighted by molar-refractivity contribution is 7.09. The van der Waals surface area contributed by atoms with E-state index in [0.717, 1.165) is 12.0 Å². The molecule has 0 bridgehead atoms. The second-order valence-corrected chi connectivity index (χ2v) is 5.72. The summed E-state index contributed by atoms with van der Waals surface area (Å²) in [5.41, 5.74) is 0.928. The lowest BCUT2D eigenvalue weighted by Gasteiger charge is -2.19. The fourth-order valence-corrected chi connectivity index (χ4v) is 3.23. The SMILES string of the molecule is O=C(O)[C@H]1CCCN1c1nc(Cc2ccc(F)cc2)ns1. The molecule has 1 N–H and O–H groups in total. The molecule has 1 fully saturated rings. The minimum atomic E-state index is -0.817. The van der Waals surface area contributed by atoms with Gasteiger partial charge in [0.15, 0.2) is 0 Å². The molecule has 2 heterocycles. The first-order valence-electron chi connectivity index (χ1n) is 6.70. The first kappa shape index (κ1) is 13.9. The van der Waals surface area contributed by atoms with Crippen LogP contribution in [0.25, 0.3) is 0 Å². The molecule has 0 unspecified atom stereocenters. The molecule has 2 aromatic rings. The quantitative estimate of drug-likeness (QED) is 0.939. The van der Waals surface area contributed by atoms with Crippen LogP contribution in [-0.2, 0) is 11.2 Å². The van der Waals surface area contributed by atoms with Gasteiger partial charge in [-0.25, -0.2) is 14.2 Å². The van der Waals surface area contributed by atoms with Crippen LogP contribution < -0.4 is 4.90 Å². The van der Waals surface area contributed by atoms with Crippen molar-refractivity contribution in [2.24, 2.45) is 0 Å². The summed E-state index contributed by atoms with van der Waals surface area (Å²) in [6.45, 7) is 0.697. The molecule has 0 radical (unpaired) electrons. The standard InChI is InChI=1S/C14H14FN3O2S/c15-10-5-3-9(4-6-10)8-12-16-14(21-17-12)18-7-1-2-11(18)13(19)20/h3-6,11H,1-2,7-8H2,(H,19,20)/t11-/m1/s1. The molecule has 1 aliphatic heterocycles. The van der Waals surface area contributed by atoms with Gasteiger partial charge in [-0.3, -0.25) is 0 Å². The minimum Gasteiger partial charge on any atom is -0.480 e. The van der Waals surface area contributed by atoms with Gasteiger partial charge in [-0.2, -0.15) is 4.37 Å². The highest BCUT2D eigenvalue weighted by Crippen LogP contribution is 2.27. The monoisotopic (exact) mass is 307 g/mol. The third-order valence-electron chi connectivity index (χ3n) is 3.52. The van der Waals surface area contributed by atoms with Crippen molar-refractivity contribution in [3.05, 3.63) is 41.5 Å². The van der Waals surface area contributed by atoms with E-state index in [1.807, 2.05) is 0 Å². The maximum atomic E-state index is 12.9. The number of aromatic nitrogens is 2. The Morgan fingerprint density at radius 2 is 2.19 bits per heavy atom. The van der Waals surface area contributed by atoms with Crippen LogP contribution >= 0.6 is 11.5 Å². The molecular formula is C14H14FN3O2S. The number of rotatable bonds is 4. The van der Waals surface area contributed by atoms with E-state index in [9.17, 15) is 14.3 Å². The smallest absolute Gasteiger partial charge is 0.326 e. The largest absolute Gasteiger partial charge is 0.480 e. The number of benzene rings is 1. The number of carboxylic acid groups (broad SMARTS) is 1. The predicted octanol–water partition coefficient (Wildman–Crippen LogP) is 2.32. The lowest BCUT2D eigenvalue weighted by Crippen LogP contribution is -2.35. The first-order valence-corrected chi connectivity index (χ1v) is 7.47. The number of anilines is 1. The number of carbonyl (C=O) groups is 1. The zero-order valence-corrected chi connectivity index (χ0v) is 12.0. The van der Waals surface area contributed by atoms with Crippen LogP contribution in [0.3, 0.4) is 0 Å². The summed E-state index contributed by atoms with van der Waals surface area (Å²) in [6, 6.07) is 5.71. The van der Waals surface area contributed by atoms with Crippen LogP contribution in [0.4, 0.5) is 9.52 Å².